The molecule has 1 aliphatic rings. The fourth-order valence-corrected chi connectivity index (χ4v) is 4.48. The summed E-state index contributed by atoms with van der Waals surface area (Å²) in [6.45, 7) is 1.25. The van der Waals surface area contributed by atoms with Crippen molar-refractivity contribution in [3.63, 3.8) is 0 Å². The summed E-state index contributed by atoms with van der Waals surface area (Å²) >= 11 is 1.58. The number of amides is 1. The van der Waals surface area contributed by atoms with Crippen LogP contribution in [0.2, 0.25) is 0 Å². The second kappa shape index (κ2) is 8.12. The number of hydrogen-bond donors (Lipinski definition) is 0. The third-order valence-electron chi connectivity index (χ3n) is 5.09. The molecule has 1 amide bonds. The van der Waals surface area contributed by atoms with Crippen molar-refractivity contribution in [1.29, 1.82) is 0 Å². The molecule has 3 heterocycles. The van der Waals surface area contributed by atoms with Gasteiger partial charge in [-0.25, -0.2) is 4.68 Å². The molecule has 1 aromatic carbocycles. The number of methoxy groups -OCH3 is 1. The predicted octanol–water partition coefficient (Wildman–Crippen LogP) is 2.33. The number of aryl methyl sites for hydroxylation is 1. The van der Waals surface area contributed by atoms with Gasteiger partial charge in [0.25, 0.3) is 11.5 Å². The number of rotatable bonds is 4. The van der Waals surface area contributed by atoms with E-state index >= 15 is 0 Å². The van der Waals surface area contributed by atoms with Crippen LogP contribution in [-0.4, -0.2) is 51.0 Å². The Labute approximate surface area is 171 Å². The van der Waals surface area contributed by atoms with Gasteiger partial charge in [-0.3, -0.25) is 9.59 Å². The van der Waals surface area contributed by atoms with Crippen LogP contribution in [-0.2, 0) is 7.05 Å². The Morgan fingerprint density at radius 3 is 2.62 bits per heavy atom. The Balaban J connectivity index is 1.43. The minimum Gasteiger partial charge on any atom is -0.496 e. The third-order valence-corrected chi connectivity index (χ3v) is 6.21. The normalized spacial score (nSPS) is 14.8. The zero-order chi connectivity index (χ0) is 20.4. The van der Waals surface area contributed by atoms with Crippen molar-refractivity contribution in [1.82, 2.24) is 24.9 Å². The highest BCUT2D eigenvalue weighted by Crippen LogP contribution is 2.36. The second-order valence-electron chi connectivity index (χ2n) is 6.89. The molecule has 0 unspecified atom stereocenters. The Kier molecular flexibility index (Phi) is 5.39. The average molecular weight is 411 g/mol. The van der Waals surface area contributed by atoms with Crippen LogP contribution in [0.1, 0.15) is 34.3 Å². The minimum atomic E-state index is -0.234. The van der Waals surface area contributed by atoms with Crippen LogP contribution in [0.3, 0.4) is 0 Å². The fraction of sp³-hybridized carbons (Fsp3) is 0.350. The highest BCUT2D eigenvalue weighted by Gasteiger charge is 2.28. The molecule has 0 radical (unpaired) electrons. The number of para-hydroxylation sites is 1. The molecule has 0 atom stereocenters. The number of hydrogen-bond acceptors (Lipinski definition) is 7. The van der Waals surface area contributed by atoms with Crippen LogP contribution in [0.5, 0.6) is 5.75 Å². The lowest BCUT2D eigenvalue weighted by Gasteiger charge is -2.30. The van der Waals surface area contributed by atoms with E-state index in [-0.39, 0.29) is 17.4 Å². The molecular formula is C20H21N5O3S. The molecule has 3 aromatic rings. The molecule has 8 nitrogen and oxygen atoms in total. The Morgan fingerprint density at radius 1 is 1.14 bits per heavy atom. The van der Waals surface area contributed by atoms with Gasteiger partial charge in [0.05, 0.1) is 12.7 Å². The molecule has 29 heavy (non-hydrogen) atoms. The maximum atomic E-state index is 12.7. The number of carbonyl (C=O) groups is 1. The van der Waals surface area contributed by atoms with E-state index in [1.165, 1.54) is 16.8 Å². The first-order valence-corrected chi connectivity index (χ1v) is 10.2. The van der Waals surface area contributed by atoms with Crippen molar-refractivity contribution < 1.29 is 9.53 Å². The van der Waals surface area contributed by atoms with Gasteiger partial charge in [-0.1, -0.05) is 23.5 Å². The molecule has 0 saturated carbocycles. The molecule has 2 aromatic heterocycles. The van der Waals surface area contributed by atoms with Gasteiger partial charge < -0.3 is 9.64 Å². The van der Waals surface area contributed by atoms with Crippen LogP contribution in [0.15, 0.2) is 41.2 Å². The molecule has 0 spiro atoms. The lowest BCUT2D eigenvalue weighted by Crippen LogP contribution is -2.39. The van der Waals surface area contributed by atoms with Crippen molar-refractivity contribution in [2.75, 3.05) is 20.2 Å². The first kappa shape index (κ1) is 19.3. The van der Waals surface area contributed by atoms with Gasteiger partial charge >= 0.3 is 0 Å². The molecular weight excluding hydrogens is 390 g/mol. The Morgan fingerprint density at radius 2 is 1.90 bits per heavy atom. The lowest BCUT2D eigenvalue weighted by atomic mass is 9.97. The van der Waals surface area contributed by atoms with Crippen LogP contribution < -0.4 is 10.3 Å². The van der Waals surface area contributed by atoms with Crippen LogP contribution >= 0.6 is 11.3 Å². The summed E-state index contributed by atoms with van der Waals surface area (Å²) < 4.78 is 6.60. The number of ether oxygens (including phenoxy) is 1. The van der Waals surface area contributed by atoms with E-state index in [0.717, 1.165) is 34.2 Å². The van der Waals surface area contributed by atoms with Crippen molar-refractivity contribution >= 4 is 17.2 Å². The number of nitrogens with zero attached hydrogens (tertiary/aromatic N) is 5. The zero-order valence-corrected chi connectivity index (χ0v) is 17.1. The van der Waals surface area contributed by atoms with Crippen LogP contribution in [0.25, 0.3) is 10.6 Å². The number of likely N-dealkylation sites (tertiary alicyclic amines) is 1. The van der Waals surface area contributed by atoms with Crippen LogP contribution in [0.4, 0.5) is 0 Å². The topological polar surface area (TPSA) is 90.2 Å². The van der Waals surface area contributed by atoms with Crippen molar-refractivity contribution in [3.05, 3.63) is 57.5 Å². The highest BCUT2D eigenvalue weighted by atomic mass is 32.1. The smallest absolute Gasteiger partial charge is 0.274 e. The summed E-state index contributed by atoms with van der Waals surface area (Å²) in [6, 6.07) is 10.6. The summed E-state index contributed by atoms with van der Waals surface area (Å²) in [7, 11) is 3.19. The van der Waals surface area contributed by atoms with Crippen molar-refractivity contribution in [2.24, 2.45) is 7.05 Å². The van der Waals surface area contributed by atoms with Gasteiger partial charge in [-0.15, -0.1) is 10.2 Å². The average Bonchev–Trinajstić information content (AvgIpc) is 3.25. The number of benzene rings is 1. The van der Waals surface area contributed by atoms with Crippen LogP contribution in [0, 0.1) is 0 Å². The molecule has 9 heteroatoms. The maximum absolute atomic E-state index is 12.7. The van der Waals surface area contributed by atoms with Gasteiger partial charge in [0.15, 0.2) is 5.01 Å². The van der Waals surface area contributed by atoms with Gasteiger partial charge in [0.1, 0.15) is 16.5 Å². The summed E-state index contributed by atoms with van der Waals surface area (Å²) in [6.07, 6.45) is 1.64. The number of carbonyl (C=O) groups excluding carboxylic acids is 1. The predicted molar refractivity (Wildman–Crippen MR) is 109 cm³/mol. The monoisotopic (exact) mass is 411 g/mol. The highest BCUT2D eigenvalue weighted by molar-refractivity contribution is 7.14. The second-order valence-corrected chi connectivity index (χ2v) is 7.90. The van der Waals surface area contributed by atoms with E-state index in [1.54, 1.807) is 30.4 Å². The summed E-state index contributed by atoms with van der Waals surface area (Å²) in [5, 5.41) is 14.6. The van der Waals surface area contributed by atoms with E-state index in [2.05, 4.69) is 15.3 Å². The minimum absolute atomic E-state index is 0.147. The number of piperidine rings is 1. The number of aromatic nitrogens is 4. The molecule has 4 rings (SSSR count). The molecule has 0 bridgehead atoms. The molecule has 150 valence electrons. The Hall–Kier alpha value is -3.07. The first-order chi connectivity index (χ1) is 14.1. The molecule has 1 fully saturated rings. The molecule has 0 N–H and O–H groups in total. The zero-order valence-electron chi connectivity index (χ0n) is 16.2. The van der Waals surface area contributed by atoms with E-state index < -0.39 is 0 Å². The summed E-state index contributed by atoms with van der Waals surface area (Å²) in [5.41, 5.74) is 0.995. The Bertz CT molecular complexity index is 1090. The van der Waals surface area contributed by atoms with E-state index in [1.807, 2.05) is 24.3 Å². The maximum Gasteiger partial charge on any atom is 0.274 e. The first-order valence-electron chi connectivity index (χ1n) is 9.37. The van der Waals surface area contributed by atoms with Gasteiger partial charge in [-0.05, 0) is 31.0 Å². The van der Waals surface area contributed by atoms with E-state index in [9.17, 15) is 9.59 Å². The quantitative estimate of drug-likeness (QED) is 0.655. The fourth-order valence-electron chi connectivity index (χ4n) is 3.44. The van der Waals surface area contributed by atoms with Crippen molar-refractivity contribution in [2.45, 2.75) is 18.8 Å². The summed E-state index contributed by atoms with van der Waals surface area (Å²) in [5.74, 6) is 0.902. The van der Waals surface area contributed by atoms with Gasteiger partial charge in [-0.2, -0.15) is 5.10 Å². The van der Waals surface area contributed by atoms with Crippen molar-refractivity contribution in [3.8, 4) is 16.3 Å². The van der Waals surface area contributed by atoms with E-state index in [0.29, 0.717) is 18.8 Å². The van der Waals surface area contributed by atoms with Gasteiger partial charge in [0, 0.05) is 32.1 Å². The molecule has 1 aliphatic heterocycles. The third kappa shape index (κ3) is 3.91. The SMILES string of the molecule is COc1ccccc1-c1nnc(C2CCN(C(=O)c3ccc(=O)n(C)n3)CC2)s1. The summed E-state index contributed by atoms with van der Waals surface area (Å²) in [4.78, 5) is 25.9. The standard InChI is InChI=1S/C20H21N5O3S/c1-24-17(26)8-7-15(23-24)20(27)25-11-9-13(10-12-25)18-21-22-19(29-18)14-5-3-4-6-16(14)28-2/h3-8,13H,9-12H2,1-2H3. The molecule has 1 saturated heterocycles. The largest absolute Gasteiger partial charge is 0.496 e. The van der Waals surface area contributed by atoms with Gasteiger partial charge in [0.2, 0.25) is 0 Å². The van der Waals surface area contributed by atoms with E-state index in [4.69, 9.17) is 4.74 Å². The lowest BCUT2D eigenvalue weighted by molar-refractivity contribution is 0.0704. The molecule has 0 aliphatic carbocycles.